The van der Waals surface area contributed by atoms with Crippen LogP contribution in [-0.4, -0.2) is 35.5 Å². The summed E-state index contributed by atoms with van der Waals surface area (Å²) in [7, 11) is 0. The number of carboxylic acid groups (broad SMARTS) is 1. The smallest absolute Gasteiger partial charge is 0.410 e. The minimum atomic E-state index is -1.32. The third kappa shape index (κ3) is 7.37. The Kier molecular flexibility index (Phi) is 9.50. The molecule has 0 radical (unpaired) electrons. The van der Waals surface area contributed by atoms with Crippen LogP contribution in [0.2, 0.25) is 5.02 Å². The van der Waals surface area contributed by atoms with Gasteiger partial charge in [-0.05, 0) is 70.6 Å². The molecule has 5 aromatic carbocycles. The van der Waals surface area contributed by atoms with Crippen molar-refractivity contribution >= 4 is 35.4 Å². The molecule has 0 heterocycles. The molecule has 0 saturated heterocycles. The highest BCUT2D eigenvalue weighted by molar-refractivity contribution is 6.34. The third-order valence-electron chi connectivity index (χ3n) is 7.73. The Morgan fingerprint density at radius 1 is 0.771 bits per heavy atom. The van der Waals surface area contributed by atoms with Crippen molar-refractivity contribution < 1.29 is 38.5 Å². The lowest BCUT2D eigenvalue weighted by molar-refractivity contribution is -0.139. The molecule has 0 saturated carbocycles. The van der Waals surface area contributed by atoms with Gasteiger partial charge in [0, 0.05) is 16.7 Å². The van der Waals surface area contributed by atoms with E-state index in [0.717, 1.165) is 23.1 Å². The van der Waals surface area contributed by atoms with Crippen LogP contribution in [0.4, 0.5) is 4.79 Å². The lowest BCUT2D eigenvalue weighted by atomic mass is 10.0. The molecular weight excluding hydrogens is 634 g/mol. The number of carbonyl (C=O) groups excluding carboxylic acids is 3. The highest BCUT2D eigenvalue weighted by Gasteiger charge is 2.24. The molecule has 5 aromatic rings. The molecule has 10 heteroatoms. The van der Waals surface area contributed by atoms with Gasteiger partial charge < -0.3 is 19.3 Å². The first kappa shape index (κ1) is 32.0. The average molecular weight is 662 g/mol. The van der Waals surface area contributed by atoms with Gasteiger partial charge in [0.2, 0.25) is 6.23 Å². The van der Waals surface area contributed by atoms with Crippen LogP contribution in [0.25, 0.3) is 11.1 Å². The van der Waals surface area contributed by atoms with Gasteiger partial charge in [-0.15, -0.1) is 0 Å². The van der Waals surface area contributed by atoms with E-state index in [1.807, 2.05) is 30.3 Å². The summed E-state index contributed by atoms with van der Waals surface area (Å²) in [6, 6.07) is 33.0. The van der Waals surface area contributed by atoms with Gasteiger partial charge in [0.05, 0.1) is 10.6 Å². The number of amides is 1. The van der Waals surface area contributed by atoms with E-state index in [2.05, 4.69) is 17.4 Å². The molecule has 9 nitrogen and oxygen atoms in total. The van der Waals surface area contributed by atoms with Crippen LogP contribution in [0.5, 0.6) is 5.75 Å². The second-order valence-corrected chi connectivity index (χ2v) is 11.4. The number of esters is 1. The molecule has 1 aliphatic carbocycles. The van der Waals surface area contributed by atoms with Gasteiger partial charge >= 0.3 is 18.0 Å². The van der Waals surface area contributed by atoms with Crippen LogP contribution in [-0.2, 0) is 27.3 Å². The van der Waals surface area contributed by atoms with Crippen molar-refractivity contribution in [2.75, 3.05) is 6.61 Å². The molecule has 0 aromatic heterocycles. The first-order chi connectivity index (χ1) is 23.2. The molecule has 1 unspecified atom stereocenters. The molecule has 0 fully saturated rings. The summed E-state index contributed by atoms with van der Waals surface area (Å²) < 4.78 is 16.4. The predicted molar refractivity (Wildman–Crippen MR) is 177 cm³/mol. The van der Waals surface area contributed by atoms with Crippen molar-refractivity contribution in [3.63, 3.8) is 0 Å². The van der Waals surface area contributed by atoms with Gasteiger partial charge in [-0.2, -0.15) is 0 Å². The van der Waals surface area contributed by atoms with E-state index in [0.29, 0.717) is 11.1 Å². The van der Waals surface area contributed by atoms with Crippen molar-refractivity contribution in [2.45, 2.75) is 19.3 Å². The number of fused-ring (bicyclic) bond motifs is 3. The van der Waals surface area contributed by atoms with E-state index in [-0.39, 0.29) is 34.3 Å². The summed E-state index contributed by atoms with van der Waals surface area (Å²) in [4.78, 5) is 50.1. The maximum Gasteiger partial charge on any atom is 0.410 e. The zero-order valence-corrected chi connectivity index (χ0v) is 26.1. The Hall–Kier alpha value is -5.93. The van der Waals surface area contributed by atoms with Crippen molar-refractivity contribution in [1.82, 2.24) is 5.32 Å². The average Bonchev–Trinajstić information content (AvgIpc) is 3.47. The minimum absolute atomic E-state index is 0.0145. The lowest BCUT2D eigenvalue weighted by Gasteiger charge is -2.20. The molecule has 0 spiro atoms. The normalized spacial score (nSPS) is 11.9. The number of hydrogen-bond donors (Lipinski definition) is 2. The number of halogens is 1. The van der Waals surface area contributed by atoms with Gasteiger partial charge in [0.15, 0.2) is 12.4 Å². The number of nitrogens with one attached hydrogen (secondary N) is 1. The number of hydrogen-bond acceptors (Lipinski definition) is 7. The topological polar surface area (TPSA) is 128 Å². The van der Waals surface area contributed by atoms with Gasteiger partial charge in [0.1, 0.15) is 12.4 Å². The van der Waals surface area contributed by atoms with Crippen molar-refractivity contribution in [2.24, 2.45) is 0 Å². The molecule has 2 N–H and O–H groups in total. The van der Waals surface area contributed by atoms with Crippen molar-refractivity contribution in [3.05, 3.63) is 159 Å². The molecule has 1 atom stereocenters. The van der Waals surface area contributed by atoms with E-state index in [9.17, 15) is 19.2 Å². The van der Waals surface area contributed by atoms with E-state index < -0.39 is 30.9 Å². The Balaban J connectivity index is 1.16. The highest BCUT2D eigenvalue weighted by Crippen LogP contribution is 2.36. The van der Waals surface area contributed by atoms with Crippen molar-refractivity contribution in [3.8, 4) is 16.9 Å². The fourth-order valence-electron chi connectivity index (χ4n) is 5.40. The number of alkyl carbamates (subject to hydrolysis) is 1. The van der Waals surface area contributed by atoms with E-state index >= 15 is 0 Å². The fourth-order valence-corrected chi connectivity index (χ4v) is 5.66. The maximum atomic E-state index is 13.3. The van der Waals surface area contributed by atoms with E-state index in [1.165, 1.54) is 53.6 Å². The number of ketones is 1. The van der Waals surface area contributed by atoms with Crippen LogP contribution >= 0.6 is 11.6 Å². The lowest BCUT2D eigenvalue weighted by Crippen LogP contribution is -2.32. The molecule has 240 valence electrons. The maximum absolute atomic E-state index is 13.3. The standard InChI is InChI=1S/C38H28ClNO8/c39-33-20-27(35(43)24-6-2-1-3-7-24)13-17-32(33)37(44)48-36(25-11-14-29(15-12-25)46-22-34(41)42)40-38(45)47-21-23-10-16-31-28(18-23)19-26-8-4-5-9-30(26)31/h1-18,20,36H,19,21-22H2,(H,40,45)(H,41,42). The molecule has 0 aliphatic heterocycles. The van der Waals surface area contributed by atoms with Crippen LogP contribution in [0.1, 0.15) is 54.8 Å². The molecule has 1 aliphatic rings. The number of rotatable bonds is 11. The monoisotopic (exact) mass is 661 g/mol. The van der Waals surface area contributed by atoms with Gasteiger partial charge in [-0.1, -0.05) is 90.5 Å². The predicted octanol–water partition coefficient (Wildman–Crippen LogP) is 7.39. The first-order valence-corrected chi connectivity index (χ1v) is 15.3. The summed E-state index contributed by atoms with van der Waals surface area (Å²) >= 11 is 6.43. The van der Waals surface area contributed by atoms with Gasteiger partial charge in [0.25, 0.3) is 0 Å². The van der Waals surface area contributed by atoms with Gasteiger partial charge in [-0.25, -0.2) is 14.4 Å². The summed E-state index contributed by atoms with van der Waals surface area (Å²) in [5, 5.41) is 11.5. The van der Waals surface area contributed by atoms with Crippen LogP contribution in [0.3, 0.4) is 0 Å². The molecule has 1 amide bonds. The summed E-state index contributed by atoms with van der Waals surface area (Å²) in [6.45, 7) is -0.570. The third-order valence-corrected chi connectivity index (χ3v) is 8.05. The molecule has 6 rings (SSSR count). The number of carbonyl (C=O) groups is 4. The Labute approximate surface area is 280 Å². The number of benzene rings is 5. The highest BCUT2D eigenvalue weighted by atomic mass is 35.5. The van der Waals surface area contributed by atoms with Crippen molar-refractivity contribution in [1.29, 1.82) is 0 Å². The van der Waals surface area contributed by atoms with Crippen LogP contribution in [0.15, 0.2) is 115 Å². The number of aliphatic carboxylic acids is 1. The van der Waals surface area contributed by atoms with Crippen LogP contribution in [0, 0.1) is 0 Å². The molecule has 48 heavy (non-hydrogen) atoms. The Morgan fingerprint density at radius 2 is 1.50 bits per heavy atom. The zero-order valence-electron chi connectivity index (χ0n) is 25.4. The summed E-state index contributed by atoms with van der Waals surface area (Å²) in [5.74, 6) is -2.02. The number of ether oxygens (including phenoxy) is 3. The largest absolute Gasteiger partial charge is 0.482 e. The SMILES string of the molecule is O=C(O)COc1ccc(C(NC(=O)OCc2ccc3c(c2)Cc2ccccc2-3)OC(=O)c2ccc(C(=O)c3ccccc3)cc2Cl)cc1. The zero-order chi connectivity index (χ0) is 33.6. The van der Waals surface area contributed by atoms with E-state index in [1.54, 1.807) is 30.3 Å². The Morgan fingerprint density at radius 3 is 2.25 bits per heavy atom. The Bertz CT molecular complexity index is 2010. The summed E-state index contributed by atoms with van der Waals surface area (Å²) in [5.41, 5.74) is 6.58. The van der Waals surface area contributed by atoms with Crippen LogP contribution < -0.4 is 10.1 Å². The summed E-state index contributed by atoms with van der Waals surface area (Å²) in [6.07, 6.45) is -1.38. The second kappa shape index (κ2) is 14.2. The molecular formula is C38H28ClNO8. The fraction of sp³-hybridized carbons (Fsp3) is 0.105. The van der Waals surface area contributed by atoms with Gasteiger partial charge in [-0.3, -0.25) is 10.1 Å². The first-order valence-electron chi connectivity index (χ1n) is 14.9. The molecule has 0 bridgehead atoms. The minimum Gasteiger partial charge on any atom is -0.482 e. The van der Waals surface area contributed by atoms with E-state index in [4.69, 9.17) is 30.9 Å². The quantitative estimate of drug-likeness (QED) is 0.0836. The second-order valence-electron chi connectivity index (χ2n) is 11.0. The number of carboxylic acids is 1.